The molecule has 0 radical (unpaired) electrons. The predicted octanol–water partition coefficient (Wildman–Crippen LogP) is 5.29. The summed E-state index contributed by atoms with van der Waals surface area (Å²) in [6, 6.07) is 1.39. The Balaban J connectivity index is 0.000000430. The zero-order valence-corrected chi connectivity index (χ0v) is 19.3. The summed E-state index contributed by atoms with van der Waals surface area (Å²) >= 11 is 0. The fourth-order valence-corrected chi connectivity index (χ4v) is 3.74. The highest BCUT2D eigenvalue weighted by Gasteiger charge is 2.41. The number of hydrogen-bond acceptors (Lipinski definition) is 3. The second-order valence-corrected chi connectivity index (χ2v) is 9.22. The number of methoxy groups -OCH3 is 1. The lowest BCUT2D eigenvalue weighted by Gasteiger charge is -2.33. The third-order valence-corrected chi connectivity index (χ3v) is 5.92. The summed E-state index contributed by atoms with van der Waals surface area (Å²) in [5, 5.41) is 0. The van der Waals surface area contributed by atoms with Gasteiger partial charge in [0.2, 0.25) is 0 Å². The Morgan fingerprint density at radius 3 is 1.40 bits per heavy atom. The van der Waals surface area contributed by atoms with Gasteiger partial charge in [-0.05, 0) is 58.4 Å². The molecule has 25 heavy (non-hydrogen) atoms. The van der Waals surface area contributed by atoms with Gasteiger partial charge in [-0.3, -0.25) is 4.90 Å². The smallest absolute Gasteiger partial charge is 0.0839 e. The van der Waals surface area contributed by atoms with Crippen LogP contribution < -0.4 is 0 Å². The molecule has 0 aliphatic carbocycles. The Bertz CT molecular complexity index is 352. The molecule has 0 spiro atoms. The number of likely N-dealkylation sites (tertiary alicyclic amines) is 2. The molecule has 0 N–H and O–H groups in total. The van der Waals surface area contributed by atoms with Crippen LogP contribution in [0.25, 0.3) is 0 Å². The Morgan fingerprint density at radius 1 is 0.760 bits per heavy atom. The maximum absolute atomic E-state index is 5.70. The van der Waals surface area contributed by atoms with Crippen LogP contribution in [0.2, 0.25) is 0 Å². The van der Waals surface area contributed by atoms with Gasteiger partial charge >= 0.3 is 0 Å². The molecule has 3 nitrogen and oxygen atoms in total. The lowest BCUT2D eigenvalue weighted by atomic mass is 9.89. The van der Waals surface area contributed by atoms with Gasteiger partial charge < -0.3 is 9.64 Å². The quantitative estimate of drug-likeness (QED) is 0.680. The van der Waals surface area contributed by atoms with E-state index < -0.39 is 0 Å². The second-order valence-electron chi connectivity index (χ2n) is 9.22. The summed E-state index contributed by atoms with van der Waals surface area (Å²) in [7, 11) is 1.85. The van der Waals surface area contributed by atoms with Crippen LogP contribution in [0.4, 0.5) is 0 Å². The van der Waals surface area contributed by atoms with Gasteiger partial charge in [0.05, 0.1) is 5.60 Å². The van der Waals surface area contributed by atoms with Crippen molar-refractivity contribution in [2.75, 3.05) is 33.3 Å². The summed E-state index contributed by atoms with van der Waals surface area (Å²) in [4.78, 5) is 5.06. The molecule has 1 unspecified atom stereocenters. The topological polar surface area (TPSA) is 15.7 Å². The van der Waals surface area contributed by atoms with Crippen LogP contribution in [0.15, 0.2) is 0 Å². The molecule has 1 atom stereocenters. The van der Waals surface area contributed by atoms with Gasteiger partial charge in [-0.2, -0.15) is 0 Å². The molecule has 2 saturated heterocycles. The molecular formula is C22H48N2O. The minimum Gasteiger partial charge on any atom is -0.377 e. The number of hydrogen-bond donors (Lipinski definition) is 0. The molecule has 2 aliphatic heterocycles. The van der Waals surface area contributed by atoms with Gasteiger partial charge in [0, 0.05) is 38.8 Å². The predicted molar refractivity (Wildman–Crippen MR) is 112 cm³/mol. The first-order valence-corrected chi connectivity index (χ1v) is 10.6. The maximum atomic E-state index is 5.70. The average molecular weight is 357 g/mol. The summed E-state index contributed by atoms with van der Waals surface area (Å²) in [5.74, 6) is 0.612. The summed E-state index contributed by atoms with van der Waals surface area (Å²) in [5.41, 5.74) is 0.689. The van der Waals surface area contributed by atoms with Crippen molar-refractivity contribution in [1.82, 2.24) is 9.80 Å². The van der Waals surface area contributed by atoms with Crippen LogP contribution in [0, 0.1) is 11.3 Å². The Hall–Kier alpha value is -0.120. The molecule has 2 heterocycles. The SMILES string of the molecule is CC.CC(C)N1CCC(C)(C)C1.COC1(C(C)C)CCN(C(C)C)C1. The standard InChI is InChI=1S/C11H23NO.C9H19N.C2H6/c1-9(2)11(13-5)6-7-12(8-11)10(3)4;1-8(2)10-6-5-9(3,4)7-10;1-2/h9-10H,6-8H2,1-5H3;8H,5-7H2,1-4H3;1-2H3. The van der Waals surface area contributed by atoms with E-state index in [2.05, 4.69) is 65.2 Å². The summed E-state index contributed by atoms with van der Waals surface area (Å²) in [6.45, 7) is 27.2. The van der Waals surface area contributed by atoms with E-state index >= 15 is 0 Å². The first-order chi connectivity index (χ1) is 11.5. The van der Waals surface area contributed by atoms with Crippen LogP contribution in [0.5, 0.6) is 0 Å². The molecule has 0 aromatic rings. The zero-order valence-electron chi connectivity index (χ0n) is 19.3. The molecule has 0 aromatic heterocycles. The van der Waals surface area contributed by atoms with Gasteiger partial charge in [0.15, 0.2) is 0 Å². The highest BCUT2D eigenvalue weighted by Crippen LogP contribution is 2.33. The minimum absolute atomic E-state index is 0.115. The largest absolute Gasteiger partial charge is 0.377 e. The highest BCUT2D eigenvalue weighted by molar-refractivity contribution is 4.94. The molecule has 0 bridgehead atoms. The molecule has 2 rings (SSSR count). The van der Waals surface area contributed by atoms with Crippen LogP contribution in [-0.4, -0.2) is 60.8 Å². The zero-order chi connectivity index (χ0) is 19.8. The van der Waals surface area contributed by atoms with Gasteiger partial charge in [0.25, 0.3) is 0 Å². The highest BCUT2D eigenvalue weighted by atomic mass is 16.5. The monoisotopic (exact) mass is 356 g/mol. The fraction of sp³-hybridized carbons (Fsp3) is 1.00. The van der Waals surface area contributed by atoms with E-state index in [1.54, 1.807) is 0 Å². The maximum Gasteiger partial charge on any atom is 0.0839 e. The third kappa shape index (κ3) is 7.56. The van der Waals surface area contributed by atoms with Gasteiger partial charge in [-0.1, -0.05) is 41.5 Å². The van der Waals surface area contributed by atoms with E-state index in [-0.39, 0.29) is 5.60 Å². The van der Waals surface area contributed by atoms with Crippen molar-refractivity contribution in [1.29, 1.82) is 0 Å². The van der Waals surface area contributed by atoms with Crippen molar-refractivity contribution in [2.45, 2.75) is 99.8 Å². The average Bonchev–Trinajstić information content (AvgIpc) is 3.14. The molecule has 3 heteroatoms. The van der Waals surface area contributed by atoms with Crippen LogP contribution >= 0.6 is 0 Å². The van der Waals surface area contributed by atoms with Crippen molar-refractivity contribution in [3.63, 3.8) is 0 Å². The number of rotatable bonds is 4. The van der Waals surface area contributed by atoms with Crippen molar-refractivity contribution in [3.8, 4) is 0 Å². The van der Waals surface area contributed by atoms with E-state index in [0.29, 0.717) is 17.4 Å². The normalized spacial score (nSPS) is 26.6. The van der Waals surface area contributed by atoms with Crippen molar-refractivity contribution < 1.29 is 4.74 Å². The van der Waals surface area contributed by atoms with Crippen molar-refractivity contribution in [2.24, 2.45) is 11.3 Å². The van der Waals surface area contributed by atoms with E-state index in [0.717, 1.165) is 12.6 Å². The second kappa shape index (κ2) is 10.9. The van der Waals surface area contributed by atoms with Crippen molar-refractivity contribution in [3.05, 3.63) is 0 Å². The molecular weight excluding hydrogens is 308 g/mol. The lowest BCUT2D eigenvalue weighted by molar-refractivity contribution is -0.0400. The summed E-state index contributed by atoms with van der Waals surface area (Å²) < 4.78 is 5.70. The summed E-state index contributed by atoms with van der Waals surface area (Å²) in [6.07, 6.45) is 2.55. The fourth-order valence-electron chi connectivity index (χ4n) is 3.74. The number of nitrogens with zero attached hydrogens (tertiary/aromatic N) is 2. The first kappa shape index (κ1) is 24.9. The van der Waals surface area contributed by atoms with E-state index in [4.69, 9.17) is 4.74 Å². The molecule has 0 saturated carbocycles. The molecule has 2 aliphatic rings. The Kier molecular flexibility index (Phi) is 10.8. The Morgan fingerprint density at radius 2 is 1.20 bits per heavy atom. The van der Waals surface area contributed by atoms with Gasteiger partial charge in [-0.25, -0.2) is 0 Å². The van der Waals surface area contributed by atoms with E-state index in [1.165, 1.54) is 32.5 Å². The number of ether oxygens (including phenoxy) is 1. The molecule has 0 aromatic carbocycles. The lowest BCUT2D eigenvalue weighted by Crippen LogP contribution is -2.41. The third-order valence-electron chi connectivity index (χ3n) is 5.92. The van der Waals surface area contributed by atoms with Gasteiger partial charge in [-0.15, -0.1) is 0 Å². The molecule has 152 valence electrons. The van der Waals surface area contributed by atoms with Crippen LogP contribution in [-0.2, 0) is 4.74 Å². The minimum atomic E-state index is 0.115. The molecule has 2 fully saturated rings. The van der Waals surface area contributed by atoms with Crippen LogP contribution in [0.3, 0.4) is 0 Å². The van der Waals surface area contributed by atoms with Gasteiger partial charge in [0.1, 0.15) is 0 Å². The van der Waals surface area contributed by atoms with E-state index in [1.807, 2.05) is 21.0 Å². The molecule has 0 amide bonds. The Labute approximate surface area is 159 Å². The van der Waals surface area contributed by atoms with Crippen LogP contribution in [0.1, 0.15) is 82.1 Å². The van der Waals surface area contributed by atoms with Crippen molar-refractivity contribution >= 4 is 0 Å². The van der Waals surface area contributed by atoms with E-state index in [9.17, 15) is 0 Å². The first-order valence-electron chi connectivity index (χ1n) is 10.6.